The number of carboxylic acid groups (broad SMARTS) is 1. The summed E-state index contributed by atoms with van der Waals surface area (Å²) in [5, 5.41) is 12.1. The number of aliphatic carboxylic acids is 1. The lowest BCUT2D eigenvalue weighted by atomic mass is 10.1. The summed E-state index contributed by atoms with van der Waals surface area (Å²) in [5.41, 5.74) is 0. The molecule has 1 rings (SSSR count). The maximum atomic E-state index is 12.1. The maximum Gasteiger partial charge on any atom is 0.326 e. The van der Waals surface area contributed by atoms with Crippen molar-refractivity contribution < 1.29 is 14.7 Å². The monoisotopic (exact) mass is 274 g/mol. The Bertz CT molecular complexity index is 322. The Kier molecular flexibility index (Phi) is 5.31. The lowest BCUT2D eigenvalue weighted by Gasteiger charge is -2.38. The molecule has 1 heterocycles. The molecule has 3 atom stereocenters. The maximum absolute atomic E-state index is 12.1. The summed E-state index contributed by atoms with van der Waals surface area (Å²) in [7, 11) is 0. The van der Waals surface area contributed by atoms with Crippen molar-refractivity contribution in [1.82, 2.24) is 10.2 Å². The van der Waals surface area contributed by atoms with Crippen molar-refractivity contribution in [2.45, 2.75) is 45.0 Å². The van der Waals surface area contributed by atoms with E-state index in [0.717, 1.165) is 5.75 Å². The van der Waals surface area contributed by atoms with Gasteiger partial charge in [-0.1, -0.05) is 20.8 Å². The fourth-order valence-electron chi connectivity index (χ4n) is 1.95. The first-order valence-electron chi connectivity index (χ1n) is 6.26. The highest BCUT2D eigenvalue weighted by atomic mass is 32.2. The molecular weight excluding hydrogens is 252 g/mol. The van der Waals surface area contributed by atoms with Gasteiger partial charge in [-0.25, -0.2) is 9.59 Å². The average molecular weight is 274 g/mol. The molecule has 0 radical (unpaired) electrons. The predicted molar refractivity (Wildman–Crippen MR) is 72.9 cm³/mol. The van der Waals surface area contributed by atoms with Gasteiger partial charge in [-0.05, 0) is 12.8 Å². The minimum absolute atomic E-state index is 0.127. The van der Waals surface area contributed by atoms with Crippen molar-refractivity contribution in [3.8, 4) is 0 Å². The fraction of sp³-hybridized carbons (Fsp3) is 0.833. The summed E-state index contributed by atoms with van der Waals surface area (Å²) >= 11 is 1.84. The van der Waals surface area contributed by atoms with Gasteiger partial charge in [-0.15, -0.1) is 0 Å². The molecule has 104 valence electrons. The van der Waals surface area contributed by atoms with E-state index < -0.39 is 12.0 Å². The van der Waals surface area contributed by atoms with Gasteiger partial charge in [0, 0.05) is 23.6 Å². The highest BCUT2D eigenvalue weighted by Crippen LogP contribution is 2.24. The molecule has 6 heteroatoms. The van der Waals surface area contributed by atoms with Gasteiger partial charge in [-0.2, -0.15) is 11.8 Å². The van der Waals surface area contributed by atoms with Crippen molar-refractivity contribution in [2.75, 3.05) is 12.3 Å². The number of nitrogens with zero attached hydrogens (tertiary/aromatic N) is 1. The average Bonchev–Trinajstić information content (AvgIpc) is 2.28. The Morgan fingerprint density at radius 1 is 1.39 bits per heavy atom. The molecule has 0 aromatic rings. The van der Waals surface area contributed by atoms with E-state index in [9.17, 15) is 9.59 Å². The first kappa shape index (κ1) is 15.1. The van der Waals surface area contributed by atoms with Crippen LogP contribution in [0.2, 0.25) is 0 Å². The number of rotatable bonds is 3. The van der Waals surface area contributed by atoms with Crippen LogP contribution in [0.4, 0.5) is 4.79 Å². The molecule has 2 amide bonds. The normalized spacial score (nSPS) is 25.9. The molecule has 0 bridgehead atoms. The lowest BCUT2D eigenvalue weighted by Crippen LogP contribution is -2.56. The van der Waals surface area contributed by atoms with Crippen LogP contribution in [0.25, 0.3) is 0 Å². The standard InChI is InChI=1S/C12H22N2O3S/c1-7(2)10(11(15)16)13-12(17)14-5-6-18-9(4)8(14)3/h7-10H,5-6H2,1-4H3,(H,13,17)(H,15,16). The first-order valence-corrected chi connectivity index (χ1v) is 7.31. The first-order chi connectivity index (χ1) is 8.34. The predicted octanol–water partition coefficient (Wildman–Crippen LogP) is 1.63. The Morgan fingerprint density at radius 2 is 2.00 bits per heavy atom. The largest absolute Gasteiger partial charge is 0.480 e. The van der Waals surface area contributed by atoms with E-state index in [1.165, 1.54) is 0 Å². The smallest absolute Gasteiger partial charge is 0.326 e. The van der Waals surface area contributed by atoms with Crippen molar-refractivity contribution in [3.63, 3.8) is 0 Å². The SMILES string of the molecule is CC(C)C(NC(=O)N1CCSC(C)C1C)C(=O)O. The van der Waals surface area contributed by atoms with E-state index >= 15 is 0 Å². The Hall–Kier alpha value is -0.910. The second-order valence-electron chi connectivity index (χ2n) is 5.02. The third kappa shape index (κ3) is 3.54. The molecule has 5 nitrogen and oxygen atoms in total. The number of carbonyl (C=O) groups is 2. The molecule has 1 aliphatic rings. The van der Waals surface area contributed by atoms with Crippen LogP contribution in [0, 0.1) is 5.92 Å². The molecule has 0 spiro atoms. The zero-order valence-corrected chi connectivity index (χ0v) is 12.2. The van der Waals surface area contributed by atoms with Crippen molar-refractivity contribution in [1.29, 1.82) is 0 Å². The highest BCUT2D eigenvalue weighted by molar-refractivity contribution is 8.00. The number of hydrogen-bond donors (Lipinski definition) is 2. The molecule has 0 saturated carbocycles. The van der Waals surface area contributed by atoms with Gasteiger partial charge in [0.15, 0.2) is 0 Å². The molecule has 18 heavy (non-hydrogen) atoms. The fourth-order valence-corrected chi connectivity index (χ4v) is 3.05. The summed E-state index contributed by atoms with van der Waals surface area (Å²) in [4.78, 5) is 24.9. The van der Waals surface area contributed by atoms with Crippen molar-refractivity contribution in [3.05, 3.63) is 0 Å². The van der Waals surface area contributed by atoms with Crippen LogP contribution in [-0.4, -0.2) is 51.6 Å². The van der Waals surface area contributed by atoms with Gasteiger partial charge in [0.05, 0.1) is 0 Å². The zero-order valence-electron chi connectivity index (χ0n) is 11.3. The van der Waals surface area contributed by atoms with Gasteiger partial charge < -0.3 is 15.3 Å². The quantitative estimate of drug-likeness (QED) is 0.820. The molecule has 0 aromatic heterocycles. The van der Waals surface area contributed by atoms with Crippen LogP contribution in [0.3, 0.4) is 0 Å². The third-order valence-corrected chi connectivity index (χ3v) is 4.69. The van der Waals surface area contributed by atoms with E-state index in [4.69, 9.17) is 5.11 Å². The lowest BCUT2D eigenvalue weighted by molar-refractivity contribution is -0.140. The number of hydrogen-bond acceptors (Lipinski definition) is 3. The number of urea groups is 1. The van der Waals surface area contributed by atoms with E-state index in [2.05, 4.69) is 12.2 Å². The number of amides is 2. The van der Waals surface area contributed by atoms with Crippen LogP contribution in [0.1, 0.15) is 27.7 Å². The van der Waals surface area contributed by atoms with Gasteiger partial charge in [0.1, 0.15) is 6.04 Å². The molecule has 0 aliphatic carbocycles. The number of thioether (sulfide) groups is 1. The van der Waals surface area contributed by atoms with E-state index in [-0.39, 0.29) is 18.0 Å². The molecule has 0 aromatic carbocycles. The zero-order chi connectivity index (χ0) is 13.9. The van der Waals surface area contributed by atoms with Gasteiger partial charge in [0.25, 0.3) is 0 Å². The van der Waals surface area contributed by atoms with Crippen LogP contribution in [0.5, 0.6) is 0 Å². The summed E-state index contributed by atoms with van der Waals surface area (Å²) in [6.07, 6.45) is 0. The second kappa shape index (κ2) is 6.31. The van der Waals surface area contributed by atoms with Crippen LogP contribution in [0.15, 0.2) is 0 Å². The Labute approximate surface area is 112 Å². The summed E-state index contributed by atoms with van der Waals surface area (Å²) < 4.78 is 0. The number of carbonyl (C=O) groups excluding carboxylic acids is 1. The number of carboxylic acids is 1. The molecule has 1 aliphatic heterocycles. The number of nitrogens with one attached hydrogen (secondary N) is 1. The minimum atomic E-state index is -0.981. The van der Waals surface area contributed by atoms with Crippen LogP contribution in [-0.2, 0) is 4.79 Å². The summed E-state index contributed by atoms with van der Waals surface area (Å²) in [5.74, 6) is -0.206. The third-order valence-electron chi connectivity index (χ3n) is 3.36. The Balaban J connectivity index is 2.66. The Morgan fingerprint density at radius 3 is 2.50 bits per heavy atom. The van der Waals surface area contributed by atoms with Crippen LogP contribution < -0.4 is 5.32 Å². The van der Waals surface area contributed by atoms with Crippen molar-refractivity contribution >= 4 is 23.8 Å². The topological polar surface area (TPSA) is 69.6 Å². The minimum Gasteiger partial charge on any atom is -0.480 e. The second-order valence-corrected chi connectivity index (χ2v) is 6.50. The van der Waals surface area contributed by atoms with E-state index in [1.54, 1.807) is 18.7 Å². The van der Waals surface area contributed by atoms with E-state index in [0.29, 0.717) is 11.8 Å². The van der Waals surface area contributed by atoms with Crippen LogP contribution >= 0.6 is 11.8 Å². The molecule has 1 fully saturated rings. The summed E-state index contributed by atoms with van der Waals surface area (Å²) in [6, 6.07) is -0.962. The van der Waals surface area contributed by atoms with Gasteiger partial charge in [0.2, 0.25) is 0 Å². The molecule has 3 unspecified atom stereocenters. The van der Waals surface area contributed by atoms with E-state index in [1.807, 2.05) is 18.7 Å². The molecular formula is C12H22N2O3S. The summed E-state index contributed by atoms with van der Waals surface area (Å²) in [6.45, 7) is 8.34. The van der Waals surface area contributed by atoms with Gasteiger partial charge >= 0.3 is 12.0 Å². The van der Waals surface area contributed by atoms with Gasteiger partial charge in [-0.3, -0.25) is 0 Å². The van der Waals surface area contributed by atoms with Crippen molar-refractivity contribution in [2.24, 2.45) is 5.92 Å². The molecule has 2 N–H and O–H groups in total. The molecule has 1 saturated heterocycles. The highest BCUT2D eigenvalue weighted by Gasteiger charge is 2.32.